The highest BCUT2D eigenvalue weighted by Gasteiger charge is 2.52. The minimum atomic E-state index is -1.90. The number of hydrogen-bond acceptors (Lipinski definition) is 17. The first-order valence-electron chi connectivity index (χ1n) is 22.8. The van der Waals surface area contributed by atoms with Crippen molar-refractivity contribution in [2.24, 2.45) is 5.92 Å². The Bertz CT molecular complexity index is 1360. The number of likely N-dealkylation sites (tertiary alicyclic amines) is 1. The lowest BCUT2D eigenvalue weighted by molar-refractivity contribution is -0.336. The van der Waals surface area contributed by atoms with Crippen LogP contribution in [-0.4, -0.2) is 195 Å². The topological polar surface area (TPSA) is 304 Å². The summed E-state index contributed by atoms with van der Waals surface area (Å²) in [6, 6.07) is -0.947. The summed E-state index contributed by atoms with van der Waals surface area (Å²) in [5, 5.41) is 85.4. The highest BCUT2D eigenvalue weighted by Crippen LogP contribution is 2.31. The number of Topliss-reactive ketones (excluding diaryl/α,β-unsaturated/α-hetero) is 1. The molecule has 0 radical (unpaired) electrons. The second-order valence-electron chi connectivity index (χ2n) is 17.4. The predicted octanol–water partition coefficient (Wildman–Crippen LogP) is -1.09. The second kappa shape index (κ2) is 28.6. The van der Waals surface area contributed by atoms with Crippen LogP contribution in [0.5, 0.6) is 0 Å². The first-order valence-corrected chi connectivity index (χ1v) is 22.8. The van der Waals surface area contributed by atoms with Crippen molar-refractivity contribution in [1.29, 1.82) is 0 Å². The van der Waals surface area contributed by atoms with E-state index in [1.54, 1.807) is 18.9 Å². The van der Waals surface area contributed by atoms with Gasteiger partial charge in [0, 0.05) is 65.0 Å². The molecule has 63 heavy (non-hydrogen) atoms. The van der Waals surface area contributed by atoms with Crippen molar-refractivity contribution in [3.8, 4) is 0 Å². The van der Waals surface area contributed by atoms with Crippen molar-refractivity contribution in [2.75, 3.05) is 53.2 Å². The molecule has 0 aliphatic carbocycles. The van der Waals surface area contributed by atoms with Crippen molar-refractivity contribution in [3.63, 3.8) is 0 Å². The Kier molecular flexibility index (Phi) is 24.9. The molecule has 20 nitrogen and oxygen atoms in total. The Morgan fingerprint density at radius 1 is 0.746 bits per heavy atom. The summed E-state index contributed by atoms with van der Waals surface area (Å²) in [5.41, 5.74) is -1.90. The number of nitrogens with zero attached hydrogens (tertiary/aromatic N) is 1. The summed E-state index contributed by atoms with van der Waals surface area (Å²) >= 11 is 0. The first kappa shape index (κ1) is 54.9. The van der Waals surface area contributed by atoms with Crippen LogP contribution < -0.4 is 10.6 Å². The Balaban J connectivity index is 1.38. The van der Waals surface area contributed by atoms with E-state index in [0.717, 1.165) is 12.8 Å². The molecule has 20 heteroatoms. The molecular weight excluding hydrogens is 830 g/mol. The molecule has 3 aliphatic heterocycles. The van der Waals surface area contributed by atoms with Gasteiger partial charge in [0.25, 0.3) is 0 Å². The summed E-state index contributed by atoms with van der Waals surface area (Å²) in [6.07, 6.45) is -2.06. The average Bonchev–Trinajstić information content (AvgIpc) is 3.70. The fourth-order valence-electron chi connectivity index (χ4n) is 8.14. The van der Waals surface area contributed by atoms with Gasteiger partial charge in [-0.1, -0.05) is 19.8 Å². The normalized spacial score (nSPS) is 31.5. The van der Waals surface area contributed by atoms with Crippen molar-refractivity contribution in [3.05, 3.63) is 0 Å². The van der Waals surface area contributed by atoms with E-state index in [9.17, 15) is 60.0 Å². The molecule has 0 aromatic heterocycles. The summed E-state index contributed by atoms with van der Waals surface area (Å²) in [7, 11) is 1.60. The quantitative estimate of drug-likeness (QED) is 0.0383. The molecule has 0 spiro atoms. The molecule has 10 N–H and O–H groups in total. The van der Waals surface area contributed by atoms with Gasteiger partial charge < -0.3 is 80.1 Å². The number of unbranched alkanes of at least 4 members (excludes halogenated alkanes) is 6. The van der Waals surface area contributed by atoms with Crippen LogP contribution in [0.3, 0.4) is 0 Å². The third kappa shape index (κ3) is 17.4. The number of aliphatic hydroxyl groups excluding tert-OH is 7. The maximum Gasteiger partial charge on any atom is 0.222 e. The van der Waals surface area contributed by atoms with E-state index in [4.69, 9.17) is 23.7 Å². The van der Waals surface area contributed by atoms with Crippen LogP contribution in [0.25, 0.3) is 0 Å². The fourth-order valence-corrected chi connectivity index (χ4v) is 8.14. The zero-order valence-electron chi connectivity index (χ0n) is 37.4. The van der Waals surface area contributed by atoms with Crippen molar-refractivity contribution in [1.82, 2.24) is 15.5 Å². The highest BCUT2D eigenvalue weighted by atomic mass is 16.7. The monoisotopic (exact) mass is 908 g/mol. The van der Waals surface area contributed by atoms with E-state index >= 15 is 0 Å². The molecule has 3 rings (SSSR count). The number of nitrogens with one attached hydrogen (secondary N) is 2. The molecule has 3 heterocycles. The number of carbonyl (C=O) groups is 4. The summed E-state index contributed by atoms with van der Waals surface area (Å²) in [6.45, 7) is 2.93. The van der Waals surface area contributed by atoms with Gasteiger partial charge in [-0.15, -0.1) is 0 Å². The van der Waals surface area contributed by atoms with Crippen LogP contribution in [0.2, 0.25) is 0 Å². The van der Waals surface area contributed by atoms with Crippen LogP contribution in [0.4, 0.5) is 0 Å². The number of aliphatic hydroxyl groups is 8. The third-order valence-electron chi connectivity index (χ3n) is 12.4. The zero-order chi connectivity index (χ0) is 46.5. The molecule has 3 fully saturated rings. The van der Waals surface area contributed by atoms with Crippen molar-refractivity contribution >= 4 is 23.5 Å². The molecule has 0 saturated carbocycles. The Morgan fingerprint density at radius 2 is 1.37 bits per heavy atom. The average molecular weight is 908 g/mol. The standard InChI is InChI=1S/C43H77N3O17/c1-27-37(54)38(55)32(25-48)62-41(27)60-20-12-10-17-35(52)45-30(31(50)15-6-4-5-7-18-36(53)46-23-29(59-3)22-28(46)24-47)14-8-11-19-44-34(51)16-9-13-21-61-42-43(2,58)40(57)39(56)33(26-49)63-42/h27-30,32-33,37-42,47-49,54-58H,4-26H2,1-3H3,(H,44,51)(H,45,52)/t27?,28-,29+,30-,32?,33?,37?,38?,39?,40?,41?,42?,43?/m0/s1. The Hall–Kier alpha value is -2.44. The molecule has 3 amide bonds. The van der Waals surface area contributed by atoms with E-state index in [1.807, 2.05) is 0 Å². The molecule has 3 saturated heterocycles. The van der Waals surface area contributed by atoms with Crippen molar-refractivity contribution in [2.45, 2.75) is 190 Å². The Morgan fingerprint density at radius 3 is 2.02 bits per heavy atom. The van der Waals surface area contributed by atoms with Gasteiger partial charge in [-0.25, -0.2) is 0 Å². The molecule has 0 bridgehead atoms. The predicted molar refractivity (Wildman–Crippen MR) is 224 cm³/mol. The Labute approximate surface area is 370 Å². The first-order chi connectivity index (χ1) is 30.1. The summed E-state index contributed by atoms with van der Waals surface area (Å²) in [4.78, 5) is 53.4. The number of hydrogen-bond donors (Lipinski definition) is 10. The maximum atomic E-state index is 13.4. The summed E-state index contributed by atoms with van der Waals surface area (Å²) < 4.78 is 27.7. The smallest absolute Gasteiger partial charge is 0.222 e. The van der Waals surface area contributed by atoms with Crippen LogP contribution in [0.15, 0.2) is 0 Å². The van der Waals surface area contributed by atoms with Gasteiger partial charge >= 0.3 is 0 Å². The van der Waals surface area contributed by atoms with E-state index in [0.29, 0.717) is 83.7 Å². The van der Waals surface area contributed by atoms with Gasteiger partial charge in [0.05, 0.1) is 44.1 Å². The van der Waals surface area contributed by atoms with Gasteiger partial charge in [-0.3, -0.25) is 19.2 Å². The van der Waals surface area contributed by atoms with E-state index in [-0.39, 0.29) is 74.7 Å². The molecule has 0 aromatic rings. The second-order valence-corrected chi connectivity index (χ2v) is 17.4. The number of rotatable bonds is 30. The van der Waals surface area contributed by atoms with E-state index < -0.39 is 80.0 Å². The largest absolute Gasteiger partial charge is 0.394 e. The van der Waals surface area contributed by atoms with Gasteiger partial charge in [-0.2, -0.15) is 0 Å². The molecule has 3 aliphatic rings. The van der Waals surface area contributed by atoms with E-state index in [2.05, 4.69) is 10.6 Å². The van der Waals surface area contributed by atoms with Crippen molar-refractivity contribution < 1.29 is 83.7 Å². The molecule has 13 atom stereocenters. The molecule has 0 aromatic carbocycles. The van der Waals surface area contributed by atoms with Crippen LogP contribution >= 0.6 is 0 Å². The number of carbonyl (C=O) groups excluding carboxylic acids is 4. The maximum absolute atomic E-state index is 13.4. The third-order valence-corrected chi connectivity index (χ3v) is 12.4. The van der Waals surface area contributed by atoms with Gasteiger partial charge in [0.1, 0.15) is 36.1 Å². The van der Waals surface area contributed by atoms with Crippen LogP contribution in [-0.2, 0) is 42.9 Å². The summed E-state index contributed by atoms with van der Waals surface area (Å²) in [5.74, 6) is -1.11. The van der Waals surface area contributed by atoms with Crippen LogP contribution in [0, 0.1) is 5.92 Å². The lowest BCUT2D eigenvalue weighted by Crippen LogP contribution is -2.65. The molecular formula is C43H77N3O17. The minimum absolute atomic E-state index is 0.0182. The zero-order valence-corrected chi connectivity index (χ0v) is 37.4. The highest BCUT2D eigenvalue weighted by molar-refractivity contribution is 5.89. The number of methoxy groups -OCH3 is 1. The lowest BCUT2D eigenvalue weighted by atomic mass is 9.88. The lowest BCUT2D eigenvalue weighted by Gasteiger charge is -2.45. The minimum Gasteiger partial charge on any atom is -0.394 e. The number of ketones is 1. The molecule has 366 valence electrons. The SMILES string of the molecule is CO[C@@H]1C[C@@H](CO)N(C(=O)CCCCCCC(=O)[C@H](CCCCNC(=O)CCCCOC2OC(CO)C(O)C(O)C2(C)O)NC(=O)CCCCOC2OC(CO)C(O)C(O)C2C)C1. The van der Waals surface area contributed by atoms with E-state index in [1.165, 1.54) is 6.92 Å². The fraction of sp³-hybridized carbons (Fsp3) is 0.907. The van der Waals surface area contributed by atoms with Gasteiger partial charge in [0.15, 0.2) is 18.4 Å². The van der Waals surface area contributed by atoms with Crippen LogP contribution in [0.1, 0.15) is 117 Å². The number of amides is 3. The van der Waals surface area contributed by atoms with Gasteiger partial charge in [-0.05, 0) is 71.1 Å². The van der Waals surface area contributed by atoms with Gasteiger partial charge in [0.2, 0.25) is 17.7 Å². The number of ether oxygens (including phenoxy) is 5. The molecule has 10 unspecified atom stereocenters.